The number of benzene rings is 1. The van der Waals surface area contributed by atoms with Crippen molar-refractivity contribution in [1.82, 2.24) is 5.32 Å². The lowest BCUT2D eigenvalue weighted by molar-refractivity contribution is 0.289. The van der Waals surface area contributed by atoms with Crippen molar-refractivity contribution in [1.29, 1.82) is 0 Å². The third kappa shape index (κ3) is 3.63. The van der Waals surface area contributed by atoms with E-state index in [2.05, 4.69) is 18.3 Å². The smallest absolute Gasteiger partial charge is 0.167 e. The minimum absolute atomic E-state index is 0.263. The Labute approximate surface area is 129 Å². The molecule has 1 aromatic heterocycles. The minimum atomic E-state index is -0.263. The van der Waals surface area contributed by atoms with Crippen molar-refractivity contribution in [3.8, 4) is 5.75 Å². The van der Waals surface area contributed by atoms with Gasteiger partial charge >= 0.3 is 0 Å². The van der Waals surface area contributed by atoms with E-state index in [9.17, 15) is 4.39 Å². The highest BCUT2D eigenvalue weighted by Crippen LogP contribution is 2.26. The van der Waals surface area contributed by atoms with Gasteiger partial charge in [0.1, 0.15) is 6.61 Å². The van der Waals surface area contributed by atoms with Gasteiger partial charge in [0.2, 0.25) is 0 Å². The van der Waals surface area contributed by atoms with E-state index in [4.69, 9.17) is 4.74 Å². The summed E-state index contributed by atoms with van der Waals surface area (Å²) in [5, 5.41) is 3.51. The van der Waals surface area contributed by atoms with E-state index in [0.717, 1.165) is 12.1 Å². The molecule has 0 amide bonds. The van der Waals surface area contributed by atoms with Crippen LogP contribution >= 0.6 is 11.3 Å². The molecule has 0 aliphatic heterocycles. The summed E-state index contributed by atoms with van der Waals surface area (Å²) in [4.78, 5) is 2.57. The molecule has 1 saturated carbocycles. The van der Waals surface area contributed by atoms with Crippen LogP contribution in [0.2, 0.25) is 0 Å². The van der Waals surface area contributed by atoms with Gasteiger partial charge in [0.25, 0.3) is 0 Å². The second-order valence-corrected chi connectivity index (χ2v) is 6.97. The maximum atomic E-state index is 13.9. The Morgan fingerprint density at radius 1 is 1.33 bits per heavy atom. The Morgan fingerprint density at radius 2 is 2.14 bits per heavy atom. The molecule has 3 rings (SSSR count). The highest BCUT2D eigenvalue weighted by Gasteiger charge is 2.20. The van der Waals surface area contributed by atoms with Crippen molar-refractivity contribution < 1.29 is 9.13 Å². The SMILES string of the molecule is Cc1cccc(OCc2cc(CNC3CC3)sc2C)c1F. The summed E-state index contributed by atoms with van der Waals surface area (Å²) >= 11 is 1.79. The number of thiophene rings is 1. The summed E-state index contributed by atoms with van der Waals surface area (Å²) in [5.74, 6) is 0.0688. The van der Waals surface area contributed by atoms with Crippen LogP contribution in [0.15, 0.2) is 24.3 Å². The van der Waals surface area contributed by atoms with Crippen molar-refractivity contribution in [3.63, 3.8) is 0 Å². The number of hydrogen-bond donors (Lipinski definition) is 1. The molecule has 2 aromatic rings. The van der Waals surface area contributed by atoms with Gasteiger partial charge in [0.05, 0.1) is 0 Å². The van der Waals surface area contributed by atoms with E-state index in [0.29, 0.717) is 24.0 Å². The van der Waals surface area contributed by atoms with E-state index >= 15 is 0 Å². The summed E-state index contributed by atoms with van der Waals surface area (Å²) < 4.78 is 19.5. The summed E-state index contributed by atoms with van der Waals surface area (Å²) in [7, 11) is 0. The van der Waals surface area contributed by atoms with Crippen LogP contribution in [-0.2, 0) is 13.2 Å². The Hall–Kier alpha value is -1.39. The van der Waals surface area contributed by atoms with Crippen LogP contribution < -0.4 is 10.1 Å². The van der Waals surface area contributed by atoms with E-state index < -0.39 is 0 Å². The molecule has 0 spiro atoms. The summed E-state index contributed by atoms with van der Waals surface area (Å²) in [6, 6.07) is 8.13. The molecule has 1 aliphatic carbocycles. The summed E-state index contributed by atoms with van der Waals surface area (Å²) in [6.07, 6.45) is 2.60. The van der Waals surface area contributed by atoms with Crippen LogP contribution in [0, 0.1) is 19.7 Å². The van der Waals surface area contributed by atoms with Gasteiger partial charge in [0, 0.05) is 27.9 Å². The average Bonchev–Trinajstić information content (AvgIpc) is 3.22. The maximum Gasteiger partial charge on any atom is 0.167 e. The van der Waals surface area contributed by atoms with Crippen molar-refractivity contribution in [2.75, 3.05) is 0 Å². The largest absolute Gasteiger partial charge is 0.486 e. The second kappa shape index (κ2) is 6.16. The van der Waals surface area contributed by atoms with Crippen molar-refractivity contribution in [2.45, 2.75) is 45.9 Å². The number of halogens is 1. The molecule has 2 nitrogen and oxygen atoms in total. The molecule has 1 aliphatic rings. The first-order chi connectivity index (χ1) is 10.1. The molecule has 4 heteroatoms. The van der Waals surface area contributed by atoms with Crippen LogP contribution in [0.1, 0.15) is 33.7 Å². The zero-order chi connectivity index (χ0) is 14.8. The first kappa shape index (κ1) is 14.5. The zero-order valence-electron chi connectivity index (χ0n) is 12.4. The molecule has 0 atom stereocenters. The molecule has 21 heavy (non-hydrogen) atoms. The third-order valence-corrected chi connectivity index (χ3v) is 4.85. The molecule has 112 valence electrons. The summed E-state index contributed by atoms with van der Waals surface area (Å²) in [5.41, 5.74) is 1.76. The normalized spacial score (nSPS) is 14.4. The fourth-order valence-electron chi connectivity index (χ4n) is 2.24. The molecule has 1 aromatic carbocycles. The summed E-state index contributed by atoms with van der Waals surface area (Å²) in [6.45, 7) is 5.19. The Morgan fingerprint density at radius 3 is 2.90 bits per heavy atom. The fourth-order valence-corrected chi connectivity index (χ4v) is 3.24. The van der Waals surface area contributed by atoms with Gasteiger partial charge in [-0.3, -0.25) is 0 Å². The van der Waals surface area contributed by atoms with Gasteiger partial charge in [0.15, 0.2) is 11.6 Å². The van der Waals surface area contributed by atoms with Crippen LogP contribution in [0.4, 0.5) is 4.39 Å². The average molecular weight is 305 g/mol. The topological polar surface area (TPSA) is 21.3 Å². The van der Waals surface area contributed by atoms with Gasteiger partial charge in [-0.05, 0) is 44.4 Å². The lowest BCUT2D eigenvalue weighted by atomic mass is 10.2. The zero-order valence-corrected chi connectivity index (χ0v) is 13.2. The molecular formula is C17H20FNOS. The van der Waals surface area contributed by atoms with Crippen molar-refractivity contribution in [2.24, 2.45) is 0 Å². The van der Waals surface area contributed by atoms with E-state index in [1.165, 1.54) is 22.6 Å². The lowest BCUT2D eigenvalue weighted by Crippen LogP contribution is -2.14. The Balaban J connectivity index is 1.62. The minimum Gasteiger partial charge on any atom is -0.486 e. The molecule has 0 radical (unpaired) electrons. The predicted molar refractivity (Wildman–Crippen MR) is 84.4 cm³/mol. The molecule has 0 bridgehead atoms. The Bertz CT molecular complexity index is 634. The number of nitrogens with one attached hydrogen (secondary N) is 1. The van der Waals surface area contributed by atoms with Crippen LogP contribution in [0.5, 0.6) is 5.75 Å². The van der Waals surface area contributed by atoms with E-state index in [1.54, 1.807) is 30.4 Å². The fraction of sp³-hybridized carbons (Fsp3) is 0.412. The van der Waals surface area contributed by atoms with E-state index in [-0.39, 0.29) is 5.82 Å². The molecule has 1 fully saturated rings. The molecule has 1 N–H and O–H groups in total. The van der Waals surface area contributed by atoms with Crippen LogP contribution in [0.25, 0.3) is 0 Å². The van der Waals surface area contributed by atoms with E-state index in [1.807, 2.05) is 6.07 Å². The van der Waals surface area contributed by atoms with Gasteiger partial charge < -0.3 is 10.1 Å². The van der Waals surface area contributed by atoms with Crippen molar-refractivity contribution in [3.05, 3.63) is 51.0 Å². The van der Waals surface area contributed by atoms with Gasteiger partial charge in [-0.1, -0.05) is 12.1 Å². The quantitative estimate of drug-likeness (QED) is 0.857. The van der Waals surface area contributed by atoms with Crippen LogP contribution in [0.3, 0.4) is 0 Å². The third-order valence-electron chi connectivity index (χ3n) is 3.75. The number of hydrogen-bond acceptors (Lipinski definition) is 3. The van der Waals surface area contributed by atoms with Gasteiger partial charge in [-0.25, -0.2) is 4.39 Å². The number of rotatable bonds is 6. The van der Waals surface area contributed by atoms with Crippen LogP contribution in [-0.4, -0.2) is 6.04 Å². The molecule has 0 unspecified atom stereocenters. The van der Waals surface area contributed by atoms with Gasteiger partial charge in [-0.15, -0.1) is 11.3 Å². The van der Waals surface area contributed by atoms with Crippen molar-refractivity contribution >= 4 is 11.3 Å². The molecular weight excluding hydrogens is 285 g/mol. The first-order valence-corrected chi connectivity index (χ1v) is 8.14. The number of ether oxygens (including phenoxy) is 1. The molecule has 1 heterocycles. The maximum absolute atomic E-state index is 13.9. The number of aryl methyl sites for hydroxylation is 2. The predicted octanol–water partition coefficient (Wildman–Crippen LogP) is 4.34. The lowest BCUT2D eigenvalue weighted by Gasteiger charge is -2.08. The van der Waals surface area contributed by atoms with Gasteiger partial charge in [-0.2, -0.15) is 0 Å². The first-order valence-electron chi connectivity index (χ1n) is 7.33. The molecule has 0 saturated heterocycles. The second-order valence-electron chi connectivity index (χ2n) is 5.63. The monoisotopic (exact) mass is 305 g/mol. The standard InChI is InChI=1S/C17H20FNOS/c1-11-4-3-5-16(17(11)18)20-10-13-8-15(21-12(13)2)9-19-14-6-7-14/h3-5,8,14,19H,6-7,9-10H2,1-2H3. The highest BCUT2D eigenvalue weighted by atomic mass is 32.1. The highest BCUT2D eigenvalue weighted by molar-refractivity contribution is 7.12. The Kier molecular flexibility index (Phi) is 4.27.